The molecule has 0 amide bonds. The molecule has 0 saturated carbocycles. The molecule has 0 aromatic rings. The van der Waals surface area contributed by atoms with Crippen molar-refractivity contribution in [2.24, 2.45) is 11.1 Å². The highest BCUT2D eigenvalue weighted by Gasteiger charge is 2.41. The van der Waals surface area contributed by atoms with Gasteiger partial charge in [-0.2, -0.15) is 0 Å². The van der Waals surface area contributed by atoms with Crippen LogP contribution in [0.25, 0.3) is 0 Å². The molecule has 5 heteroatoms. The van der Waals surface area contributed by atoms with Crippen LogP contribution < -0.4 is 5.73 Å². The van der Waals surface area contributed by atoms with Gasteiger partial charge in [0, 0.05) is 5.41 Å². The summed E-state index contributed by atoms with van der Waals surface area (Å²) in [5.74, 6) is 0.225. The zero-order chi connectivity index (χ0) is 10.8. The minimum absolute atomic E-state index is 0.112. The lowest BCUT2D eigenvalue weighted by molar-refractivity contribution is 0.0971. The van der Waals surface area contributed by atoms with Gasteiger partial charge in [0.1, 0.15) is 16.0 Å². The van der Waals surface area contributed by atoms with Crippen LogP contribution in [-0.4, -0.2) is 32.6 Å². The van der Waals surface area contributed by atoms with Gasteiger partial charge in [0.15, 0.2) is 0 Å². The van der Waals surface area contributed by atoms with Crippen molar-refractivity contribution in [1.82, 2.24) is 0 Å². The van der Waals surface area contributed by atoms with Crippen LogP contribution in [0.15, 0.2) is 0 Å². The predicted molar refractivity (Wildman–Crippen MR) is 54.6 cm³/mol. The number of nitrogens with two attached hydrogens (primary N) is 1. The molecule has 1 heterocycles. The van der Waals surface area contributed by atoms with Crippen LogP contribution in [0.3, 0.4) is 0 Å². The van der Waals surface area contributed by atoms with Crippen molar-refractivity contribution in [3.05, 3.63) is 0 Å². The third-order valence-electron chi connectivity index (χ3n) is 3.31. The van der Waals surface area contributed by atoms with Crippen molar-refractivity contribution in [3.8, 4) is 0 Å². The van der Waals surface area contributed by atoms with Crippen molar-refractivity contribution in [2.45, 2.75) is 32.4 Å². The zero-order valence-electron chi connectivity index (χ0n) is 8.50. The molecule has 3 nitrogen and oxygen atoms in total. The van der Waals surface area contributed by atoms with Gasteiger partial charge in [-0.05, 0) is 32.7 Å². The molecule has 1 saturated heterocycles. The Morgan fingerprint density at radius 3 is 2.29 bits per heavy atom. The Kier molecular flexibility index (Phi) is 3.53. The van der Waals surface area contributed by atoms with Gasteiger partial charge in [0.25, 0.3) is 0 Å². The Morgan fingerprint density at radius 2 is 1.93 bits per heavy atom. The summed E-state index contributed by atoms with van der Waals surface area (Å²) in [5.41, 5.74) is 4.95. The maximum Gasteiger partial charge on any atom is 0.150 e. The van der Waals surface area contributed by atoms with E-state index in [0.717, 1.165) is 0 Å². The van der Waals surface area contributed by atoms with Crippen LogP contribution >= 0.6 is 0 Å². The Labute approximate surface area is 84.8 Å². The van der Waals surface area contributed by atoms with E-state index in [1.54, 1.807) is 0 Å². The zero-order valence-corrected chi connectivity index (χ0v) is 9.32. The SMILES string of the molecule is CC(F)C1(CCN)CCS(=O)(=O)CC1. The summed E-state index contributed by atoms with van der Waals surface area (Å²) in [6, 6.07) is 0. The quantitative estimate of drug-likeness (QED) is 0.773. The van der Waals surface area contributed by atoms with Crippen LogP contribution in [0.2, 0.25) is 0 Å². The summed E-state index contributed by atoms with van der Waals surface area (Å²) in [6.07, 6.45) is 0.454. The Hall–Kier alpha value is -0.160. The van der Waals surface area contributed by atoms with E-state index < -0.39 is 21.4 Å². The van der Waals surface area contributed by atoms with Crippen molar-refractivity contribution >= 4 is 9.84 Å². The third-order valence-corrected chi connectivity index (χ3v) is 4.96. The predicted octanol–water partition coefficient (Wildman–Crippen LogP) is 0.888. The van der Waals surface area contributed by atoms with Gasteiger partial charge < -0.3 is 5.73 Å². The van der Waals surface area contributed by atoms with Gasteiger partial charge in [-0.15, -0.1) is 0 Å². The number of rotatable bonds is 3. The lowest BCUT2D eigenvalue weighted by Crippen LogP contribution is -2.40. The summed E-state index contributed by atoms with van der Waals surface area (Å²) < 4.78 is 35.9. The fourth-order valence-corrected chi connectivity index (χ4v) is 3.72. The Morgan fingerprint density at radius 1 is 1.43 bits per heavy atom. The van der Waals surface area contributed by atoms with Gasteiger partial charge in [0.05, 0.1) is 11.5 Å². The molecule has 0 bridgehead atoms. The van der Waals surface area contributed by atoms with Crippen LogP contribution in [0.1, 0.15) is 26.2 Å². The molecule has 1 aliphatic rings. The Balaban J connectivity index is 2.74. The van der Waals surface area contributed by atoms with Gasteiger partial charge in [-0.3, -0.25) is 0 Å². The van der Waals surface area contributed by atoms with Crippen molar-refractivity contribution < 1.29 is 12.8 Å². The van der Waals surface area contributed by atoms with E-state index in [0.29, 0.717) is 25.8 Å². The molecule has 1 unspecified atom stereocenters. The van der Waals surface area contributed by atoms with E-state index >= 15 is 0 Å². The monoisotopic (exact) mass is 223 g/mol. The molecular formula is C9H18FNO2S. The highest BCUT2D eigenvalue weighted by molar-refractivity contribution is 7.91. The summed E-state index contributed by atoms with van der Waals surface area (Å²) >= 11 is 0. The topological polar surface area (TPSA) is 60.2 Å². The molecule has 1 rings (SSSR count). The summed E-state index contributed by atoms with van der Waals surface area (Å²) in [5, 5.41) is 0. The Bertz CT molecular complexity index is 273. The molecule has 0 aromatic carbocycles. The van der Waals surface area contributed by atoms with Gasteiger partial charge in [-0.25, -0.2) is 12.8 Å². The lowest BCUT2D eigenvalue weighted by Gasteiger charge is -2.38. The number of hydrogen-bond acceptors (Lipinski definition) is 3. The van der Waals surface area contributed by atoms with Crippen LogP contribution in [0.4, 0.5) is 4.39 Å². The molecular weight excluding hydrogens is 205 g/mol. The largest absolute Gasteiger partial charge is 0.330 e. The molecule has 0 aromatic heterocycles. The van der Waals surface area contributed by atoms with Crippen molar-refractivity contribution in [1.29, 1.82) is 0 Å². The van der Waals surface area contributed by atoms with Crippen molar-refractivity contribution in [2.75, 3.05) is 18.1 Å². The molecule has 84 valence electrons. The first-order valence-electron chi connectivity index (χ1n) is 4.96. The van der Waals surface area contributed by atoms with Crippen LogP contribution in [-0.2, 0) is 9.84 Å². The second-order valence-corrected chi connectivity index (χ2v) is 6.47. The van der Waals surface area contributed by atoms with E-state index in [2.05, 4.69) is 0 Å². The molecule has 14 heavy (non-hydrogen) atoms. The fraction of sp³-hybridized carbons (Fsp3) is 1.00. The van der Waals surface area contributed by atoms with E-state index in [1.807, 2.05) is 0 Å². The van der Waals surface area contributed by atoms with Crippen LogP contribution in [0.5, 0.6) is 0 Å². The third kappa shape index (κ3) is 2.45. The number of alkyl halides is 1. The minimum atomic E-state index is -2.91. The average molecular weight is 223 g/mol. The highest BCUT2D eigenvalue weighted by Crippen LogP contribution is 2.40. The maximum absolute atomic E-state index is 13.4. The maximum atomic E-state index is 13.4. The molecule has 1 fully saturated rings. The lowest BCUT2D eigenvalue weighted by atomic mass is 9.75. The fourth-order valence-electron chi connectivity index (χ4n) is 2.08. The molecule has 0 spiro atoms. The number of halogens is 1. The van der Waals surface area contributed by atoms with E-state index in [4.69, 9.17) is 5.73 Å². The number of hydrogen-bond donors (Lipinski definition) is 1. The van der Waals surface area contributed by atoms with Gasteiger partial charge >= 0.3 is 0 Å². The summed E-state index contributed by atoms with van der Waals surface area (Å²) in [4.78, 5) is 0. The number of sulfone groups is 1. The van der Waals surface area contributed by atoms with Gasteiger partial charge in [0.2, 0.25) is 0 Å². The van der Waals surface area contributed by atoms with Gasteiger partial charge in [-0.1, -0.05) is 0 Å². The van der Waals surface area contributed by atoms with E-state index in [9.17, 15) is 12.8 Å². The standard InChI is InChI=1S/C9H18FNO2S/c1-8(10)9(2-5-11)3-6-14(12,13)7-4-9/h8H,2-7,11H2,1H3. The highest BCUT2D eigenvalue weighted by atomic mass is 32.2. The smallest absolute Gasteiger partial charge is 0.150 e. The molecule has 0 aliphatic carbocycles. The molecule has 2 N–H and O–H groups in total. The first-order valence-corrected chi connectivity index (χ1v) is 6.79. The van der Waals surface area contributed by atoms with Crippen molar-refractivity contribution in [3.63, 3.8) is 0 Å². The molecule has 1 aliphatic heterocycles. The second kappa shape index (κ2) is 4.14. The normalized spacial score (nSPS) is 27.1. The average Bonchev–Trinajstić information content (AvgIpc) is 2.09. The summed E-state index contributed by atoms with van der Waals surface area (Å²) in [6.45, 7) is 1.93. The first kappa shape index (κ1) is 11.9. The second-order valence-electron chi connectivity index (χ2n) is 4.17. The summed E-state index contributed by atoms with van der Waals surface area (Å²) in [7, 11) is -2.91. The van der Waals surface area contributed by atoms with E-state index in [1.165, 1.54) is 6.92 Å². The molecule has 0 radical (unpaired) electrons. The van der Waals surface area contributed by atoms with E-state index in [-0.39, 0.29) is 11.5 Å². The first-order chi connectivity index (χ1) is 6.42. The van der Waals surface area contributed by atoms with Crippen LogP contribution in [0, 0.1) is 5.41 Å². The molecule has 1 atom stereocenters. The minimum Gasteiger partial charge on any atom is -0.330 e.